The molecule has 3 nitrogen and oxygen atoms in total. The molecule has 0 aliphatic rings. The molecule has 0 fully saturated rings. The van der Waals surface area contributed by atoms with Gasteiger partial charge in [-0.25, -0.2) is 4.98 Å². The smallest absolute Gasteiger partial charge is 0.139 e. The third kappa shape index (κ3) is 2.02. The number of fused-ring (bicyclic) bond motifs is 1. The van der Waals surface area contributed by atoms with Crippen molar-refractivity contribution in [2.24, 2.45) is 0 Å². The van der Waals surface area contributed by atoms with Gasteiger partial charge in [-0.2, -0.15) is 0 Å². The number of hydrogen-bond acceptors (Lipinski definition) is 2. The highest BCUT2D eigenvalue weighted by Gasteiger charge is 2.08. The Morgan fingerprint density at radius 1 is 1.60 bits per heavy atom. The van der Waals surface area contributed by atoms with Crippen molar-refractivity contribution >= 4 is 28.4 Å². The molecular weight excluding hydrogens is 212 g/mol. The van der Waals surface area contributed by atoms with Gasteiger partial charge in [0.1, 0.15) is 11.4 Å². The molecule has 0 radical (unpaired) electrons. The minimum absolute atomic E-state index is 0.185. The summed E-state index contributed by atoms with van der Waals surface area (Å²) in [4.78, 5) is 18.1. The van der Waals surface area contributed by atoms with Crippen molar-refractivity contribution in [3.63, 3.8) is 0 Å². The molecule has 0 saturated heterocycles. The number of hydrogen-bond donors (Lipinski definition) is 1. The SMILES string of the molecule is CC(=O)CCc1c[nH]c2nccc(Cl)c12. The van der Waals surface area contributed by atoms with Crippen molar-refractivity contribution in [2.45, 2.75) is 19.8 Å². The number of aromatic amines is 1. The van der Waals surface area contributed by atoms with Gasteiger partial charge in [0.2, 0.25) is 0 Å². The number of aromatic nitrogens is 2. The van der Waals surface area contributed by atoms with Crippen LogP contribution in [0.1, 0.15) is 18.9 Å². The molecule has 2 heterocycles. The number of nitrogens with zero attached hydrogens (tertiary/aromatic N) is 1. The summed E-state index contributed by atoms with van der Waals surface area (Å²) in [5, 5.41) is 1.61. The summed E-state index contributed by atoms with van der Waals surface area (Å²) in [6, 6.07) is 1.76. The van der Waals surface area contributed by atoms with E-state index in [1.807, 2.05) is 6.20 Å². The van der Waals surface area contributed by atoms with Gasteiger partial charge < -0.3 is 9.78 Å². The fourth-order valence-electron chi connectivity index (χ4n) is 1.59. The minimum atomic E-state index is 0.185. The van der Waals surface area contributed by atoms with Gasteiger partial charge in [0.25, 0.3) is 0 Å². The fraction of sp³-hybridized carbons (Fsp3) is 0.273. The molecule has 0 spiro atoms. The van der Waals surface area contributed by atoms with Crippen LogP contribution in [0.2, 0.25) is 5.02 Å². The number of Topliss-reactive ketones (excluding diaryl/α,β-unsaturated/α-hetero) is 1. The molecule has 0 aromatic carbocycles. The predicted octanol–water partition coefficient (Wildman–Crippen LogP) is 2.74. The van der Waals surface area contributed by atoms with Crippen LogP contribution < -0.4 is 0 Å². The van der Waals surface area contributed by atoms with Crippen LogP contribution in [0.4, 0.5) is 0 Å². The number of carbonyl (C=O) groups is 1. The lowest BCUT2D eigenvalue weighted by Crippen LogP contribution is -1.93. The Morgan fingerprint density at radius 2 is 2.40 bits per heavy atom. The van der Waals surface area contributed by atoms with Gasteiger partial charge in [-0.05, 0) is 25.0 Å². The number of halogens is 1. The van der Waals surface area contributed by atoms with Crippen LogP contribution in [0.3, 0.4) is 0 Å². The minimum Gasteiger partial charge on any atom is -0.346 e. The quantitative estimate of drug-likeness (QED) is 0.868. The van der Waals surface area contributed by atoms with E-state index in [1.165, 1.54) is 0 Å². The van der Waals surface area contributed by atoms with E-state index in [4.69, 9.17) is 11.6 Å². The topological polar surface area (TPSA) is 45.8 Å². The highest BCUT2D eigenvalue weighted by Crippen LogP contribution is 2.25. The van der Waals surface area contributed by atoms with Crippen molar-refractivity contribution in [2.75, 3.05) is 0 Å². The average Bonchev–Trinajstić information content (AvgIpc) is 2.59. The monoisotopic (exact) mass is 222 g/mol. The van der Waals surface area contributed by atoms with Crippen LogP contribution in [0.15, 0.2) is 18.5 Å². The molecule has 0 aliphatic heterocycles. The number of ketones is 1. The Labute approximate surface area is 92.5 Å². The zero-order valence-electron chi connectivity index (χ0n) is 8.38. The lowest BCUT2D eigenvalue weighted by atomic mass is 10.1. The van der Waals surface area contributed by atoms with Crippen LogP contribution in [0.25, 0.3) is 11.0 Å². The second-order valence-corrected chi connectivity index (χ2v) is 3.94. The fourth-order valence-corrected chi connectivity index (χ4v) is 1.86. The van der Waals surface area contributed by atoms with Gasteiger partial charge in [-0.1, -0.05) is 11.6 Å². The standard InChI is InChI=1S/C11H11ClN2O/c1-7(15)2-3-8-6-14-11-10(8)9(12)4-5-13-11/h4-6H,2-3H2,1H3,(H,13,14). The predicted molar refractivity (Wildman–Crippen MR) is 60.1 cm³/mol. The Balaban J connectivity index is 2.39. The summed E-state index contributed by atoms with van der Waals surface area (Å²) in [7, 11) is 0. The van der Waals surface area contributed by atoms with Crippen LogP contribution in [0, 0.1) is 0 Å². The first kappa shape index (κ1) is 10.2. The highest BCUT2D eigenvalue weighted by molar-refractivity contribution is 6.35. The van der Waals surface area contributed by atoms with E-state index < -0.39 is 0 Å². The molecule has 2 aromatic rings. The number of aryl methyl sites for hydroxylation is 1. The maximum absolute atomic E-state index is 10.9. The summed E-state index contributed by atoms with van der Waals surface area (Å²) in [5.41, 5.74) is 1.83. The normalized spacial score (nSPS) is 10.8. The third-order valence-electron chi connectivity index (χ3n) is 2.35. The molecule has 4 heteroatoms. The van der Waals surface area contributed by atoms with Gasteiger partial charge in [-0.3, -0.25) is 0 Å². The summed E-state index contributed by atoms with van der Waals surface area (Å²) in [6.07, 6.45) is 4.78. The number of rotatable bonds is 3. The van der Waals surface area contributed by atoms with Crippen LogP contribution in [0.5, 0.6) is 0 Å². The van der Waals surface area contributed by atoms with E-state index in [0.29, 0.717) is 17.9 Å². The Kier molecular flexibility index (Phi) is 2.73. The molecule has 2 rings (SSSR count). The maximum Gasteiger partial charge on any atom is 0.139 e. The lowest BCUT2D eigenvalue weighted by molar-refractivity contribution is -0.116. The molecule has 0 unspecified atom stereocenters. The van der Waals surface area contributed by atoms with Crippen molar-refractivity contribution in [3.05, 3.63) is 29.0 Å². The molecule has 2 aromatic heterocycles. The molecule has 0 atom stereocenters. The van der Waals surface area contributed by atoms with E-state index in [9.17, 15) is 4.79 Å². The van der Waals surface area contributed by atoms with Crippen molar-refractivity contribution in [3.8, 4) is 0 Å². The van der Waals surface area contributed by atoms with E-state index in [1.54, 1.807) is 19.2 Å². The number of nitrogens with one attached hydrogen (secondary N) is 1. The van der Waals surface area contributed by atoms with Gasteiger partial charge >= 0.3 is 0 Å². The molecular formula is C11H11ClN2O. The first-order valence-electron chi connectivity index (χ1n) is 4.78. The van der Waals surface area contributed by atoms with Crippen molar-refractivity contribution in [1.29, 1.82) is 0 Å². The lowest BCUT2D eigenvalue weighted by Gasteiger charge is -1.98. The van der Waals surface area contributed by atoms with Gasteiger partial charge in [0, 0.05) is 24.2 Å². The molecule has 1 N–H and O–H groups in total. The van der Waals surface area contributed by atoms with E-state index in [-0.39, 0.29) is 5.78 Å². The summed E-state index contributed by atoms with van der Waals surface area (Å²) < 4.78 is 0. The van der Waals surface area contributed by atoms with Gasteiger partial charge in [-0.15, -0.1) is 0 Å². The average molecular weight is 223 g/mol. The summed E-state index contributed by atoms with van der Waals surface area (Å²) >= 11 is 6.07. The zero-order valence-corrected chi connectivity index (χ0v) is 9.14. The molecule has 15 heavy (non-hydrogen) atoms. The third-order valence-corrected chi connectivity index (χ3v) is 2.67. The number of H-pyrrole nitrogens is 1. The van der Waals surface area contributed by atoms with Gasteiger partial charge in [0.15, 0.2) is 0 Å². The van der Waals surface area contributed by atoms with Gasteiger partial charge in [0.05, 0.1) is 5.02 Å². The molecule has 0 amide bonds. The Morgan fingerprint density at radius 3 is 3.13 bits per heavy atom. The highest BCUT2D eigenvalue weighted by atomic mass is 35.5. The molecule has 0 aliphatic carbocycles. The zero-order chi connectivity index (χ0) is 10.8. The second-order valence-electron chi connectivity index (χ2n) is 3.53. The van der Waals surface area contributed by atoms with Crippen LogP contribution >= 0.6 is 11.6 Å². The van der Waals surface area contributed by atoms with Crippen LogP contribution in [-0.2, 0) is 11.2 Å². The van der Waals surface area contributed by atoms with Crippen molar-refractivity contribution < 1.29 is 4.79 Å². The van der Waals surface area contributed by atoms with E-state index in [0.717, 1.165) is 16.6 Å². The molecule has 0 bridgehead atoms. The summed E-state index contributed by atoms with van der Waals surface area (Å²) in [6.45, 7) is 1.59. The van der Waals surface area contributed by atoms with E-state index >= 15 is 0 Å². The Bertz CT molecular complexity index is 504. The largest absolute Gasteiger partial charge is 0.346 e. The van der Waals surface area contributed by atoms with Crippen molar-refractivity contribution in [1.82, 2.24) is 9.97 Å². The maximum atomic E-state index is 10.9. The first-order chi connectivity index (χ1) is 7.18. The van der Waals surface area contributed by atoms with Crippen LogP contribution in [-0.4, -0.2) is 15.8 Å². The number of pyridine rings is 1. The van der Waals surface area contributed by atoms with E-state index in [2.05, 4.69) is 9.97 Å². The molecule has 78 valence electrons. The second kappa shape index (κ2) is 4.03. The number of carbonyl (C=O) groups excluding carboxylic acids is 1. The Hall–Kier alpha value is -1.35. The summed E-state index contributed by atoms with van der Waals surface area (Å²) in [5.74, 6) is 0.185. The molecule has 0 saturated carbocycles. The first-order valence-corrected chi connectivity index (χ1v) is 5.16.